The van der Waals surface area contributed by atoms with Crippen LogP contribution in [0, 0.1) is 5.92 Å². The molecule has 1 spiro atoms. The van der Waals surface area contributed by atoms with Gasteiger partial charge < -0.3 is 10.1 Å². The number of benzene rings is 1. The lowest BCUT2D eigenvalue weighted by Gasteiger charge is -2.24. The van der Waals surface area contributed by atoms with Crippen molar-refractivity contribution in [1.29, 1.82) is 0 Å². The summed E-state index contributed by atoms with van der Waals surface area (Å²) < 4.78 is 6.96. The monoisotopic (exact) mass is 283 g/mol. The molecule has 0 saturated heterocycles. The number of thiophene rings is 1. The first-order chi connectivity index (χ1) is 9.84. The standard InChI is InChI=1S/C17H17NOS/c1-19-10-6-7-17-13(8-10)15(17)18-9-12-11-4-2-3-5-14(11)20-16(12)17/h2-7,10,13,15,18H,8-9H2,1H3/t10-,13+,15?,17-/m0/s1. The molecule has 1 unspecified atom stereocenters. The van der Waals surface area contributed by atoms with Gasteiger partial charge in [0.25, 0.3) is 0 Å². The maximum absolute atomic E-state index is 5.53. The summed E-state index contributed by atoms with van der Waals surface area (Å²) >= 11 is 2.00. The van der Waals surface area contributed by atoms with E-state index in [9.17, 15) is 0 Å². The number of fused-ring (bicyclic) bond motifs is 4. The van der Waals surface area contributed by atoms with E-state index in [1.165, 1.54) is 15.6 Å². The largest absolute Gasteiger partial charge is 0.377 e. The molecule has 0 radical (unpaired) electrons. The Kier molecular flexibility index (Phi) is 2.14. The quantitative estimate of drug-likeness (QED) is 0.811. The Morgan fingerprint density at radius 1 is 1.35 bits per heavy atom. The lowest BCUT2D eigenvalue weighted by atomic mass is 9.88. The molecule has 3 aliphatic rings. The van der Waals surface area contributed by atoms with Crippen molar-refractivity contribution in [3.05, 3.63) is 46.9 Å². The van der Waals surface area contributed by atoms with E-state index in [4.69, 9.17) is 4.74 Å². The van der Waals surface area contributed by atoms with Gasteiger partial charge in [0, 0.05) is 34.7 Å². The molecule has 0 amide bonds. The fourth-order valence-electron chi connectivity index (χ4n) is 4.34. The van der Waals surface area contributed by atoms with Gasteiger partial charge in [0.2, 0.25) is 0 Å². The maximum atomic E-state index is 5.53. The first kappa shape index (κ1) is 11.5. The van der Waals surface area contributed by atoms with Gasteiger partial charge in [-0.05, 0) is 29.4 Å². The Balaban J connectivity index is 1.71. The molecule has 0 bridgehead atoms. The number of ether oxygens (including phenoxy) is 1. The van der Waals surface area contributed by atoms with Gasteiger partial charge in [0.1, 0.15) is 0 Å². The lowest BCUT2D eigenvalue weighted by molar-refractivity contribution is 0.122. The van der Waals surface area contributed by atoms with Crippen molar-refractivity contribution >= 4 is 21.4 Å². The summed E-state index contributed by atoms with van der Waals surface area (Å²) in [6.45, 7) is 1.02. The molecular formula is C17H17NOS. The molecule has 3 heteroatoms. The maximum Gasteiger partial charge on any atom is 0.0756 e. The Morgan fingerprint density at radius 3 is 3.15 bits per heavy atom. The zero-order valence-electron chi connectivity index (χ0n) is 11.4. The molecule has 1 aromatic heterocycles. The van der Waals surface area contributed by atoms with E-state index >= 15 is 0 Å². The van der Waals surface area contributed by atoms with E-state index in [2.05, 4.69) is 41.7 Å². The van der Waals surface area contributed by atoms with Crippen LogP contribution in [0.25, 0.3) is 10.1 Å². The third-order valence-corrected chi connectivity index (χ3v) is 6.77. The lowest BCUT2D eigenvalue weighted by Crippen LogP contribution is -2.29. The number of methoxy groups -OCH3 is 1. The molecule has 2 heterocycles. The highest BCUT2D eigenvalue weighted by atomic mass is 32.1. The molecule has 1 N–H and O–H groups in total. The topological polar surface area (TPSA) is 21.3 Å². The number of nitrogens with one attached hydrogen (secondary N) is 1. The van der Waals surface area contributed by atoms with E-state index in [1.54, 1.807) is 4.88 Å². The molecule has 20 heavy (non-hydrogen) atoms. The van der Waals surface area contributed by atoms with Gasteiger partial charge in [-0.25, -0.2) is 0 Å². The van der Waals surface area contributed by atoms with Crippen LogP contribution in [0.2, 0.25) is 0 Å². The van der Waals surface area contributed by atoms with E-state index in [-0.39, 0.29) is 5.41 Å². The molecular weight excluding hydrogens is 266 g/mol. The van der Waals surface area contributed by atoms with Gasteiger partial charge in [0.15, 0.2) is 0 Å². The minimum atomic E-state index is 0.270. The minimum Gasteiger partial charge on any atom is -0.377 e. The average Bonchev–Trinajstić information content (AvgIpc) is 3.01. The normalized spacial score (nSPS) is 37.4. The van der Waals surface area contributed by atoms with E-state index in [0.29, 0.717) is 18.1 Å². The fraction of sp³-hybridized carbons (Fsp3) is 0.412. The zero-order valence-corrected chi connectivity index (χ0v) is 12.2. The summed E-state index contributed by atoms with van der Waals surface area (Å²) in [5.74, 6) is 0.715. The Labute approximate surface area is 122 Å². The van der Waals surface area contributed by atoms with Crippen molar-refractivity contribution in [2.24, 2.45) is 5.92 Å². The predicted octanol–water partition coefficient (Wildman–Crippen LogP) is 3.22. The second-order valence-electron chi connectivity index (χ2n) is 6.17. The van der Waals surface area contributed by atoms with Crippen LogP contribution in [0.4, 0.5) is 0 Å². The number of rotatable bonds is 1. The summed E-state index contributed by atoms with van der Waals surface area (Å²) in [7, 11) is 1.82. The van der Waals surface area contributed by atoms with Gasteiger partial charge >= 0.3 is 0 Å². The van der Waals surface area contributed by atoms with E-state index in [0.717, 1.165) is 13.0 Å². The van der Waals surface area contributed by atoms with Gasteiger partial charge in [-0.15, -0.1) is 11.3 Å². The Morgan fingerprint density at radius 2 is 2.25 bits per heavy atom. The summed E-state index contributed by atoms with van der Waals surface area (Å²) in [5, 5.41) is 5.21. The third kappa shape index (κ3) is 1.22. The molecule has 102 valence electrons. The van der Waals surface area contributed by atoms with Crippen LogP contribution in [0.3, 0.4) is 0 Å². The van der Waals surface area contributed by atoms with Crippen molar-refractivity contribution < 1.29 is 4.74 Å². The first-order valence-electron chi connectivity index (χ1n) is 7.31. The molecule has 2 nitrogen and oxygen atoms in total. The predicted molar refractivity (Wildman–Crippen MR) is 82.2 cm³/mol. The Bertz CT molecular complexity index is 734. The molecule has 1 fully saturated rings. The fourth-order valence-corrected chi connectivity index (χ4v) is 5.84. The highest BCUT2D eigenvalue weighted by molar-refractivity contribution is 7.19. The van der Waals surface area contributed by atoms with Crippen molar-refractivity contribution in [2.75, 3.05) is 7.11 Å². The molecule has 2 aromatic rings. The molecule has 2 aliphatic carbocycles. The van der Waals surface area contributed by atoms with Crippen molar-refractivity contribution in [3.63, 3.8) is 0 Å². The third-order valence-electron chi connectivity index (χ3n) is 5.39. The van der Waals surface area contributed by atoms with Crippen LogP contribution >= 0.6 is 11.3 Å². The second-order valence-corrected chi connectivity index (χ2v) is 7.23. The van der Waals surface area contributed by atoms with Crippen LogP contribution in [0.5, 0.6) is 0 Å². The summed E-state index contributed by atoms with van der Waals surface area (Å²) in [6, 6.07) is 9.45. The Hall–Kier alpha value is -1.16. The van der Waals surface area contributed by atoms with Crippen LogP contribution in [-0.4, -0.2) is 19.3 Å². The van der Waals surface area contributed by atoms with E-state index in [1.807, 2.05) is 18.4 Å². The van der Waals surface area contributed by atoms with Crippen molar-refractivity contribution in [3.8, 4) is 0 Å². The highest BCUT2D eigenvalue weighted by Crippen LogP contribution is 2.64. The van der Waals surface area contributed by atoms with E-state index < -0.39 is 0 Å². The second kappa shape index (κ2) is 3.73. The molecule has 1 aromatic carbocycles. The molecule has 4 atom stereocenters. The average molecular weight is 283 g/mol. The SMILES string of the molecule is CO[C@H]1C=C[C@@]23c4sc5ccccc5c4CNC2[C@H]3C1. The number of hydrogen-bond donors (Lipinski definition) is 1. The van der Waals surface area contributed by atoms with Crippen LogP contribution in [0.1, 0.15) is 16.9 Å². The van der Waals surface area contributed by atoms with Gasteiger partial charge in [0.05, 0.1) is 6.10 Å². The van der Waals surface area contributed by atoms with Crippen molar-refractivity contribution in [2.45, 2.75) is 30.5 Å². The molecule has 1 aliphatic heterocycles. The van der Waals surface area contributed by atoms with Crippen LogP contribution < -0.4 is 5.32 Å². The summed E-state index contributed by atoms with van der Waals surface area (Å²) in [5.41, 5.74) is 1.80. The number of hydrogen-bond acceptors (Lipinski definition) is 3. The van der Waals surface area contributed by atoms with Crippen LogP contribution in [-0.2, 0) is 16.7 Å². The summed E-state index contributed by atoms with van der Waals surface area (Å²) in [4.78, 5) is 1.61. The highest BCUT2D eigenvalue weighted by Gasteiger charge is 2.68. The van der Waals surface area contributed by atoms with Crippen LogP contribution in [0.15, 0.2) is 36.4 Å². The molecule has 1 saturated carbocycles. The summed E-state index contributed by atoms with van der Waals surface area (Å²) in [6.07, 6.45) is 6.16. The minimum absolute atomic E-state index is 0.270. The molecule has 5 rings (SSSR count). The zero-order chi connectivity index (χ0) is 13.3. The van der Waals surface area contributed by atoms with Crippen molar-refractivity contribution in [1.82, 2.24) is 5.32 Å². The van der Waals surface area contributed by atoms with Gasteiger partial charge in [-0.2, -0.15) is 0 Å². The van der Waals surface area contributed by atoms with Gasteiger partial charge in [-0.1, -0.05) is 30.4 Å². The van der Waals surface area contributed by atoms with Gasteiger partial charge in [-0.3, -0.25) is 0 Å². The smallest absolute Gasteiger partial charge is 0.0756 e. The first-order valence-corrected chi connectivity index (χ1v) is 8.12.